The minimum absolute atomic E-state index is 0.186. The maximum atomic E-state index is 13.3. The Morgan fingerprint density at radius 2 is 1.18 bits per heavy atom. The summed E-state index contributed by atoms with van der Waals surface area (Å²) in [6.45, 7) is 8.41. The number of nitrogens with zero attached hydrogens (tertiary/aromatic N) is 4. The molecule has 7 rings (SSSR count). The van der Waals surface area contributed by atoms with Crippen LogP contribution in [0.3, 0.4) is 0 Å². The number of alkyl halides is 3. The Balaban J connectivity index is 0.000000187. The van der Waals surface area contributed by atoms with Crippen molar-refractivity contribution in [2.75, 3.05) is 82.4 Å². The number of aliphatic hydroxyl groups excluding tert-OH is 1. The quantitative estimate of drug-likeness (QED) is 0.163. The number of fused-ring (bicyclic) bond motifs is 4. The van der Waals surface area contributed by atoms with Crippen LogP contribution in [0.1, 0.15) is 29.5 Å². The molecule has 0 aliphatic carbocycles. The molecule has 4 aromatic carbocycles. The van der Waals surface area contributed by atoms with E-state index in [1.807, 2.05) is 36.2 Å². The van der Waals surface area contributed by atoms with Gasteiger partial charge in [-0.3, -0.25) is 4.90 Å². The van der Waals surface area contributed by atoms with Crippen LogP contribution < -0.4 is 15.1 Å². The van der Waals surface area contributed by atoms with Gasteiger partial charge < -0.3 is 25.1 Å². The molecule has 1 saturated heterocycles. The number of β-amino-alcohol motifs (C(OH)–C–C–N with tert-alkyl or cyclic N) is 1. The second-order valence-corrected chi connectivity index (χ2v) is 14.1. The smallest absolute Gasteiger partial charge is 0.395 e. The van der Waals surface area contributed by atoms with Crippen molar-refractivity contribution in [3.05, 3.63) is 108 Å². The first-order chi connectivity index (χ1) is 24.4. The number of aryl methyl sites for hydroxylation is 2. The van der Waals surface area contributed by atoms with E-state index in [4.69, 9.17) is 5.11 Å². The van der Waals surface area contributed by atoms with E-state index < -0.39 is 11.7 Å². The van der Waals surface area contributed by atoms with Crippen molar-refractivity contribution in [2.24, 2.45) is 0 Å². The lowest BCUT2D eigenvalue weighted by molar-refractivity contribution is -0.137. The van der Waals surface area contributed by atoms with E-state index in [2.05, 4.69) is 68.5 Å². The molecule has 0 spiro atoms. The monoisotopic (exact) mass is 703 g/mol. The Bertz CT molecular complexity index is 1650. The molecule has 0 amide bonds. The van der Waals surface area contributed by atoms with Gasteiger partial charge in [-0.1, -0.05) is 60.3 Å². The summed E-state index contributed by atoms with van der Waals surface area (Å²) < 4.78 is 39.9. The topological polar surface area (TPSA) is 45.2 Å². The molecular weight excluding hydrogens is 656 g/mol. The Hall–Kier alpha value is -3.54. The number of para-hydroxylation sites is 3. The van der Waals surface area contributed by atoms with Gasteiger partial charge in [0.05, 0.1) is 23.5 Å². The highest BCUT2D eigenvalue weighted by molar-refractivity contribution is 7.99. The molecule has 0 bridgehead atoms. The van der Waals surface area contributed by atoms with Gasteiger partial charge in [0.2, 0.25) is 0 Å². The van der Waals surface area contributed by atoms with Crippen molar-refractivity contribution in [1.82, 2.24) is 15.1 Å². The predicted molar refractivity (Wildman–Crippen MR) is 199 cm³/mol. The van der Waals surface area contributed by atoms with Crippen LogP contribution in [0.15, 0.2) is 101 Å². The summed E-state index contributed by atoms with van der Waals surface area (Å²) in [4.78, 5) is 11.1. The lowest BCUT2D eigenvalue weighted by atomic mass is 10.0. The van der Waals surface area contributed by atoms with E-state index in [9.17, 15) is 13.2 Å². The standard InChI is InChI=1S/C22H26F3N3OS.C18H22N2/c23-22(24,25)17-6-7-21-19(16-17)28(18-4-1-2-5-20(18)30-21)9-3-8-26-10-12-27(13-11-26)14-15-29;1-19-13-6-14-20-17-9-4-2-7-15(17)11-12-16-8-3-5-10-18(16)20/h1-2,4-7,16,29H,3,8-15H2;2-5,7-10,19H,6,11-14H2,1H3. The van der Waals surface area contributed by atoms with E-state index in [0.717, 1.165) is 87.0 Å². The van der Waals surface area contributed by atoms with Gasteiger partial charge in [0.1, 0.15) is 0 Å². The average molecular weight is 704 g/mol. The second-order valence-electron chi connectivity index (χ2n) is 13.0. The minimum Gasteiger partial charge on any atom is -0.395 e. The molecule has 3 aliphatic rings. The van der Waals surface area contributed by atoms with Crippen molar-refractivity contribution in [3.63, 3.8) is 0 Å². The molecule has 2 N–H and O–H groups in total. The van der Waals surface area contributed by atoms with Crippen molar-refractivity contribution >= 4 is 34.5 Å². The lowest BCUT2D eigenvalue weighted by Gasteiger charge is -2.36. The summed E-state index contributed by atoms with van der Waals surface area (Å²) in [6.07, 6.45) is -0.0597. The van der Waals surface area contributed by atoms with Crippen LogP contribution in [-0.2, 0) is 19.0 Å². The molecule has 0 atom stereocenters. The number of halogens is 3. The van der Waals surface area contributed by atoms with E-state index in [0.29, 0.717) is 18.8 Å². The first-order valence-electron chi connectivity index (χ1n) is 17.7. The van der Waals surface area contributed by atoms with Crippen molar-refractivity contribution in [1.29, 1.82) is 0 Å². The summed E-state index contributed by atoms with van der Waals surface area (Å²) in [5.74, 6) is 0. The normalized spacial score (nSPS) is 16.0. The first-order valence-corrected chi connectivity index (χ1v) is 18.6. The van der Waals surface area contributed by atoms with Gasteiger partial charge in [-0.25, -0.2) is 0 Å². The molecule has 3 heterocycles. The van der Waals surface area contributed by atoms with Crippen LogP contribution in [0, 0.1) is 0 Å². The fourth-order valence-electron chi connectivity index (χ4n) is 7.10. The molecule has 4 aromatic rings. The maximum absolute atomic E-state index is 13.3. The van der Waals surface area contributed by atoms with E-state index in [1.165, 1.54) is 46.4 Å². The van der Waals surface area contributed by atoms with Crippen LogP contribution in [0.25, 0.3) is 0 Å². The predicted octanol–water partition coefficient (Wildman–Crippen LogP) is 7.84. The van der Waals surface area contributed by atoms with Gasteiger partial charge in [-0.2, -0.15) is 13.2 Å². The van der Waals surface area contributed by atoms with Crippen molar-refractivity contribution in [2.45, 2.75) is 41.7 Å². The summed E-state index contributed by atoms with van der Waals surface area (Å²) >= 11 is 1.53. The fourth-order valence-corrected chi connectivity index (χ4v) is 8.18. The van der Waals surface area contributed by atoms with Gasteiger partial charge in [-0.05, 0) is 99.4 Å². The van der Waals surface area contributed by atoms with E-state index in [-0.39, 0.29) is 6.61 Å². The van der Waals surface area contributed by atoms with Crippen LogP contribution >= 0.6 is 11.8 Å². The Labute approximate surface area is 298 Å². The average Bonchev–Trinajstić information content (AvgIpc) is 3.29. The molecule has 1 fully saturated rings. The number of anilines is 4. The molecule has 0 aromatic heterocycles. The number of benzene rings is 4. The number of nitrogens with one attached hydrogen (secondary N) is 1. The van der Waals surface area contributed by atoms with Crippen molar-refractivity contribution in [3.8, 4) is 0 Å². The van der Waals surface area contributed by atoms with E-state index >= 15 is 0 Å². The van der Waals surface area contributed by atoms with Gasteiger partial charge in [-0.15, -0.1) is 0 Å². The zero-order chi connectivity index (χ0) is 34.9. The number of hydrogen-bond donors (Lipinski definition) is 2. The third-order valence-electron chi connectivity index (χ3n) is 9.73. The minimum atomic E-state index is -4.35. The molecule has 266 valence electrons. The molecule has 0 radical (unpaired) electrons. The first kappa shape index (κ1) is 36.3. The van der Waals surface area contributed by atoms with Crippen LogP contribution in [0.5, 0.6) is 0 Å². The molecule has 0 saturated carbocycles. The zero-order valence-electron chi connectivity index (χ0n) is 28.8. The summed E-state index contributed by atoms with van der Waals surface area (Å²) in [5.41, 5.74) is 6.71. The SMILES string of the molecule is CNCCCN1c2ccccc2CCc2ccccc21.OCCN1CCN(CCCN2c3ccccc3Sc3ccc(C(F)(F)F)cc32)CC1. The van der Waals surface area contributed by atoms with Gasteiger partial charge in [0, 0.05) is 67.0 Å². The van der Waals surface area contributed by atoms with Gasteiger partial charge in [0.15, 0.2) is 0 Å². The highest BCUT2D eigenvalue weighted by Gasteiger charge is 2.33. The van der Waals surface area contributed by atoms with E-state index in [1.54, 1.807) is 6.07 Å². The lowest BCUT2D eigenvalue weighted by Crippen LogP contribution is -2.47. The summed E-state index contributed by atoms with van der Waals surface area (Å²) in [7, 11) is 2.02. The fraction of sp³-hybridized carbons (Fsp3) is 0.400. The molecule has 50 heavy (non-hydrogen) atoms. The summed E-state index contributed by atoms with van der Waals surface area (Å²) in [6, 6.07) is 29.6. The third-order valence-corrected chi connectivity index (χ3v) is 10.9. The Morgan fingerprint density at radius 3 is 1.80 bits per heavy atom. The zero-order valence-corrected chi connectivity index (χ0v) is 29.7. The van der Waals surface area contributed by atoms with Gasteiger partial charge in [0.25, 0.3) is 0 Å². The molecule has 6 nitrogen and oxygen atoms in total. The number of hydrogen-bond acceptors (Lipinski definition) is 7. The molecule has 10 heteroatoms. The Morgan fingerprint density at radius 1 is 0.640 bits per heavy atom. The van der Waals surface area contributed by atoms with Crippen LogP contribution in [0.4, 0.5) is 35.9 Å². The number of aliphatic hydroxyl groups is 1. The highest BCUT2D eigenvalue weighted by atomic mass is 32.2. The van der Waals surface area contributed by atoms with Gasteiger partial charge >= 0.3 is 6.18 Å². The van der Waals surface area contributed by atoms with Crippen LogP contribution in [0.2, 0.25) is 0 Å². The summed E-state index contributed by atoms with van der Waals surface area (Å²) in [5, 5.41) is 12.3. The molecule has 3 aliphatic heterocycles. The van der Waals surface area contributed by atoms with Crippen LogP contribution in [-0.4, -0.2) is 87.5 Å². The number of rotatable bonds is 10. The highest BCUT2D eigenvalue weighted by Crippen LogP contribution is 2.49. The molecule has 0 unspecified atom stereocenters. The largest absolute Gasteiger partial charge is 0.416 e. The molecular formula is C40H48F3N5OS. The second kappa shape index (κ2) is 17.1. The maximum Gasteiger partial charge on any atom is 0.416 e. The number of piperazine rings is 1. The third kappa shape index (κ3) is 8.84. The van der Waals surface area contributed by atoms with Crippen molar-refractivity contribution < 1.29 is 18.3 Å². The Kier molecular flexibility index (Phi) is 12.4.